The number of ether oxygens (including phenoxy) is 1. The van der Waals surface area contributed by atoms with Crippen molar-refractivity contribution in [2.75, 3.05) is 6.61 Å². The maximum Gasteiger partial charge on any atom is 0.309 e. The predicted octanol–water partition coefficient (Wildman–Crippen LogP) is 11.2. The normalized spacial score (nSPS) is 20.0. The predicted molar refractivity (Wildman–Crippen MR) is 154 cm³/mol. The number of hydrogen-bond donors (Lipinski definition) is 0. The van der Waals surface area contributed by atoms with E-state index in [4.69, 9.17) is 4.74 Å². The lowest BCUT2D eigenvalue weighted by Gasteiger charge is -2.32. The summed E-state index contributed by atoms with van der Waals surface area (Å²) in [7, 11) is 0. The molecule has 208 valence electrons. The van der Waals surface area contributed by atoms with Gasteiger partial charge < -0.3 is 4.74 Å². The van der Waals surface area contributed by atoms with E-state index >= 15 is 0 Å². The molecule has 0 saturated heterocycles. The van der Waals surface area contributed by atoms with Crippen molar-refractivity contribution in [1.82, 2.24) is 0 Å². The van der Waals surface area contributed by atoms with Gasteiger partial charge in [0.1, 0.15) is 0 Å². The zero-order valence-electron chi connectivity index (χ0n) is 24.6. The average Bonchev–Trinajstić information content (AvgIpc) is 2.86. The van der Waals surface area contributed by atoms with E-state index in [0.29, 0.717) is 12.5 Å². The van der Waals surface area contributed by atoms with E-state index in [1.54, 1.807) is 0 Å². The molecule has 1 aliphatic rings. The van der Waals surface area contributed by atoms with Gasteiger partial charge in [-0.1, -0.05) is 156 Å². The van der Waals surface area contributed by atoms with Crippen LogP contribution in [0.15, 0.2) is 0 Å². The van der Waals surface area contributed by atoms with Gasteiger partial charge in [0.05, 0.1) is 12.5 Å². The van der Waals surface area contributed by atoms with Gasteiger partial charge in [0.25, 0.3) is 0 Å². The molecule has 3 unspecified atom stereocenters. The molecule has 0 radical (unpaired) electrons. The van der Waals surface area contributed by atoms with E-state index in [2.05, 4.69) is 27.7 Å². The minimum atomic E-state index is 0.0995. The first-order valence-corrected chi connectivity index (χ1v) is 16.2. The number of carbonyl (C=O) groups is 1. The van der Waals surface area contributed by atoms with Crippen LogP contribution in [0, 0.1) is 17.3 Å². The molecule has 0 heterocycles. The molecule has 0 N–H and O–H groups in total. The maximum absolute atomic E-state index is 12.9. The Balaban J connectivity index is 2.34. The van der Waals surface area contributed by atoms with Crippen molar-refractivity contribution in [3.8, 4) is 0 Å². The third-order valence-electron chi connectivity index (χ3n) is 8.74. The molecule has 1 aliphatic carbocycles. The third-order valence-corrected chi connectivity index (χ3v) is 8.74. The molecule has 0 aromatic carbocycles. The van der Waals surface area contributed by atoms with Gasteiger partial charge in [-0.2, -0.15) is 0 Å². The van der Waals surface area contributed by atoms with Crippen LogP contribution >= 0.6 is 0 Å². The number of esters is 1. The average molecular weight is 493 g/mol. The Labute approximate surface area is 221 Å². The summed E-state index contributed by atoms with van der Waals surface area (Å²) in [4.78, 5) is 12.9. The molecule has 0 aromatic rings. The fourth-order valence-electron chi connectivity index (χ4n) is 6.01. The van der Waals surface area contributed by atoms with Gasteiger partial charge in [-0.15, -0.1) is 0 Å². The van der Waals surface area contributed by atoms with E-state index in [1.165, 1.54) is 148 Å². The second-order valence-corrected chi connectivity index (χ2v) is 12.4. The Bertz CT molecular complexity index is 487. The second kappa shape index (κ2) is 21.5. The van der Waals surface area contributed by atoms with Crippen molar-refractivity contribution in [1.29, 1.82) is 0 Å². The van der Waals surface area contributed by atoms with Crippen molar-refractivity contribution in [2.45, 2.75) is 182 Å². The molecule has 0 spiro atoms. The molecule has 2 nitrogen and oxygen atoms in total. The van der Waals surface area contributed by atoms with Crippen LogP contribution in [0.25, 0.3) is 0 Å². The molecule has 1 saturated carbocycles. The topological polar surface area (TPSA) is 26.3 Å². The zero-order chi connectivity index (χ0) is 25.6. The summed E-state index contributed by atoms with van der Waals surface area (Å²) in [5.74, 6) is 0.744. The first kappa shape index (κ1) is 32.5. The summed E-state index contributed by atoms with van der Waals surface area (Å²) in [6.07, 6.45) is 31.9. The Morgan fingerprint density at radius 1 is 0.657 bits per heavy atom. The fraction of sp³-hybridized carbons (Fsp3) is 0.970. The lowest BCUT2D eigenvalue weighted by molar-refractivity contribution is -0.155. The largest absolute Gasteiger partial charge is 0.465 e. The second-order valence-electron chi connectivity index (χ2n) is 12.4. The molecular formula is C33H64O2. The van der Waals surface area contributed by atoms with Crippen LogP contribution in [-0.2, 0) is 9.53 Å². The molecule has 1 rings (SSSR count). The van der Waals surface area contributed by atoms with Gasteiger partial charge in [-0.3, -0.25) is 4.79 Å². The molecule has 2 heteroatoms. The molecule has 1 fully saturated rings. The molecule has 0 amide bonds. The van der Waals surface area contributed by atoms with Gasteiger partial charge >= 0.3 is 5.97 Å². The van der Waals surface area contributed by atoms with Crippen LogP contribution in [0.4, 0.5) is 0 Å². The van der Waals surface area contributed by atoms with E-state index in [1.807, 2.05) is 0 Å². The Morgan fingerprint density at radius 3 is 1.49 bits per heavy atom. The molecule has 35 heavy (non-hydrogen) atoms. The fourth-order valence-corrected chi connectivity index (χ4v) is 6.01. The molecule has 0 aliphatic heterocycles. The van der Waals surface area contributed by atoms with Gasteiger partial charge in [-0.25, -0.2) is 0 Å². The zero-order valence-corrected chi connectivity index (χ0v) is 24.6. The number of unbranched alkanes of at least 4 members (excludes halogenated alkanes) is 16. The van der Waals surface area contributed by atoms with Crippen LogP contribution in [0.1, 0.15) is 182 Å². The van der Waals surface area contributed by atoms with Crippen LogP contribution in [-0.4, -0.2) is 12.6 Å². The summed E-state index contributed by atoms with van der Waals surface area (Å²) in [5.41, 5.74) is 0.163. The summed E-state index contributed by atoms with van der Waals surface area (Å²) < 4.78 is 6.04. The first-order chi connectivity index (χ1) is 17.0. The summed E-state index contributed by atoms with van der Waals surface area (Å²) >= 11 is 0. The summed E-state index contributed by atoms with van der Waals surface area (Å²) in [6, 6.07) is 0. The Morgan fingerprint density at radius 2 is 1.06 bits per heavy atom. The maximum atomic E-state index is 12.9. The smallest absolute Gasteiger partial charge is 0.309 e. The first-order valence-electron chi connectivity index (χ1n) is 16.2. The molecule has 0 aromatic heterocycles. The standard InChI is InChI=1S/C33H64O2/c1-5-7-9-11-13-15-16-18-20-24-28-33(4,27-23-19-17-14-12-10-8-6-2)29-35-32(34)31-26-22-21-25-30(31)3/h30-31H,5-29H2,1-4H3. The van der Waals surface area contributed by atoms with Gasteiger partial charge in [0.2, 0.25) is 0 Å². The summed E-state index contributed by atoms with van der Waals surface area (Å²) in [5, 5.41) is 0. The van der Waals surface area contributed by atoms with E-state index < -0.39 is 0 Å². The lowest BCUT2D eigenvalue weighted by Crippen LogP contribution is -2.31. The number of carbonyl (C=O) groups excluding carboxylic acids is 1. The molecule has 3 atom stereocenters. The quantitative estimate of drug-likeness (QED) is 0.105. The number of rotatable bonds is 23. The summed E-state index contributed by atoms with van der Waals surface area (Å²) in [6.45, 7) is 9.87. The van der Waals surface area contributed by atoms with Crippen LogP contribution in [0.2, 0.25) is 0 Å². The van der Waals surface area contributed by atoms with Crippen LogP contribution < -0.4 is 0 Å². The van der Waals surface area contributed by atoms with Crippen LogP contribution in [0.3, 0.4) is 0 Å². The van der Waals surface area contributed by atoms with Crippen molar-refractivity contribution in [3.05, 3.63) is 0 Å². The van der Waals surface area contributed by atoms with Gasteiger partial charge in [0.15, 0.2) is 0 Å². The van der Waals surface area contributed by atoms with Crippen molar-refractivity contribution in [2.24, 2.45) is 17.3 Å². The molecule has 0 bridgehead atoms. The van der Waals surface area contributed by atoms with Crippen molar-refractivity contribution in [3.63, 3.8) is 0 Å². The minimum absolute atomic E-state index is 0.0995. The van der Waals surface area contributed by atoms with E-state index in [-0.39, 0.29) is 17.3 Å². The number of hydrogen-bond acceptors (Lipinski definition) is 2. The van der Waals surface area contributed by atoms with E-state index in [0.717, 1.165) is 6.42 Å². The molecular weight excluding hydrogens is 428 g/mol. The van der Waals surface area contributed by atoms with Crippen molar-refractivity contribution >= 4 is 5.97 Å². The third kappa shape index (κ3) is 16.8. The lowest BCUT2D eigenvalue weighted by atomic mass is 9.79. The van der Waals surface area contributed by atoms with Crippen LogP contribution in [0.5, 0.6) is 0 Å². The van der Waals surface area contributed by atoms with E-state index in [9.17, 15) is 4.79 Å². The Kier molecular flexibility index (Phi) is 20.0. The van der Waals surface area contributed by atoms with Gasteiger partial charge in [0, 0.05) is 5.41 Å². The highest BCUT2D eigenvalue weighted by Crippen LogP contribution is 2.34. The van der Waals surface area contributed by atoms with Gasteiger partial charge in [-0.05, 0) is 31.6 Å². The SMILES string of the molecule is CCCCCCCCCCCCC(C)(CCCCCCCCCC)COC(=O)C1CCCCC1C. The highest BCUT2D eigenvalue weighted by Gasteiger charge is 2.31. The minimum Gasteiger partial charge on any atom is -0.465 e. The Hall–Kier alpha value is -0.530. The highest BCUT2D eigenvalue weighted by molar-refractivity contribution is 5.72. The van der Waals surface area contributed by atoms with Crippen molar-refractivity contribution < 1.29 is 9.53 Å². The monoisotopic (exact) mass is 492 g/mol. The highest BCUT2D eigenvalue weighted by atomic mass is 16.5.